The van der Waals surface area contributed by atoms with E-state index in [1.807, 2.05) is 31.1 Å². The number of benzene rings is 1. The van der Waals surface area contributed by atoms with Crippen LogP contribution in [-0.4, -0.2) is 14.1 Å². The Bertz CT molecular complexity index is 291. The summed E-state index contributed by atoms with van der Waals surface area (Å²) in [7, 11) is 3.88. The molecule has 0 bridgehead atoms. The average molecular weight is 184 g/mol. The summed E-state index contributed by atoms with van der Waals surface area (Å²) in [4.78, 5) is 5.04. The minimum atomic E-state index is 0. The molecule has 0 spiro atoms. The van der Waals surface area contributed by atoms with Crippen LogP contribution in [0.2, 0.25) is 0 Å². The van der Waals surface area contributed by atoms with Gasteiger partial charge in [-0.2, -0.15) is 0 Å². The average Bonchev–Trinajstić information content (AvgIpc) is 2.05. The van der Waals surface area contributed by atoms with Gasteiger partial charge in [-0.1, -0.05) is 6.07 Å². The third-order valence-corrected chi connectivity index (χ3v) is 1.46. The Hall–Kier alpha value is -1.27. The summed E-state index contributed by atoms with van der Waals surface area (Å²) in [5.74, 6) is 0. The molecular formula is C8H10ClN3. The van der Waals surface area contributed by atoms with E-state index in [1.54, 1.807) is 12.1 Å². The van der Waals surface area contributed by atoms with Crippen molar-refractivity contribution in [1.29, 1.82) is 5.39 Å². The van der Waals surface area contributed by atoms with E-state index in [4.69, 9.17) is 5.39 Å². The lowest BCUT2D eigenvalue weighted by atomic mass is 10.3. The summed E-state index contributed by atoms with van der Waals surface area (Å²) in [6.45, 7) is 0. The second-order valence-corrected chi connectivity index (χ2v) is 2.51. The van der Waals surface area contributed by atoms with Gasteiger partial charge in [0, 0.05) is 25.8 Å². The van der Waals surface area contributed by atoms with Crippen molar-refractivity contribution in [3.8, 4) is 0 Å². The number of hydrogen-bond donors (Lipinski definition) is 0. The second kappa shape index (κ2) is 4.58. The zero-order valence-corrected chi connectivity index (χ0v) is 7.78. The molecule has 64 valence electrons. The fourth-order valence-electron chi connectivity index (χ4n) is 0.833. The summed E-state index contributed by atoms with van der Waals surface area (Å²) in [5, 5.41) is 8.45. The van der Waals surface area contributed by atoms with Crippen molar-refractivity contribution >= 4 is 11.4 Å². The van der Waals surface area contributed by atoms with E-state index in [9.17, 15) is 0 Å². The van der Waals surface area contributed by atoms with Gasteiger partial charge in [0.15, 0.2) is 4.98 Å². The zero-order chi connectivity index (χ0) is 8.27. The van der Waals surface area contributed by atoms with Crippen LogP contribution in [0.15, 0.2) is 24.3 Å². The quantitative estimate of drug-likeness (QED) is 0.537. The van der Waals surface area contributed by atoms with E-state index in [-0.39, 0.29) is 12.4 Å². The van der Waals surface area contributed by atoms with Crippen molar-refractivity contribution in [2.24, 2.45) is 0 Å². The predicted octanol–water partition coefficient (Wildman–Crippen LogP) is -0.759. The van der Waals surface area contributed by atoms with Gasteiger partial charge in [0.2, 0.25) is 5.39 Å². The lowest BCUT2D eigenvalue weighted by Gasteiger charge is -2.09. The molecule has 0 unspecified atom stereocenters. The lowest BCUT2D eigenvalue weighted by molar-refractivity contribution is -0.00000256. The molecule has 0 radical (unpaired) electrons. The maximum Gasteiger partial charge on any atom is 0.387 e. The minimum absolute atomic E-state index is 0. The number of nitrogens with zero attached hydrogens (tertiary/aromatic N) is 3. The van der Waals surface area contributed by atoms with Gasteiger partial charge in [-0.3, -0.25) is 0 Å². The number of halogens is 1. The number of anilines is 1. The van der Waals surface area contributed by atoms with Crippen LogP contribution in [0.1, 0.15) is 0 Å². The topological polar surface area (TPSA) is 31.4 Å². The highest BCUT2D eigenvalue weighted by molar-refractivity contribution is 5.57. The molecule has 1 rings (SSSR count). The first-order chi connectivity index (χ1) is 5.24. The Morgan fingerprint density at radius 3 is 2.50 bits per heavy atom. The maximum absolute atomic E-state index is 8.45. The monoisotopic (exact) mass is 183 g/mol. The molecule has 0 atom stereocenters. The molecule has 0 saturated carbocycles. The minimum Gasteiger partial charge on any atom is -1.00 e. The van der Waals surface area contributed by atoms with E-state index < -0.39 is 0 Å². The van der Waals surface area contributed by atoms with Crippen LogP contribution >= 0.6 is 0 Å². The molecule has 3 nitrogen and oxygen atoms in total. The number of hydrogen-bond acceptors (Lipinski definition) is 2. The summed E-state index contributed by atoms with van der Waals surface area (Å²) >= 11 is 0. The highest BCUT2D eigenvalue weighted by atomic mass is 35.5. The van der Waals surface area contributed by atoms with Crippen LogP contribution in [-0.2, 0) is 0 Å². The highest BCUT2D eigenvalue weighted by Crippen LogP contribution is 2.18. The Morgan fingerprint density at radius 1 is 1.33 bits per heavy atom. The third kappa shape index (κ3) is 2.40. The van der Waals surface area contributed by atoms with Crippen molar-refractivity contribution in [2.45, 2.75) is 0 Å². The summed E-state index contributed by atoms with van der Waals surface area (Å²) in [5.41, 5.74) is 1.61. The molecule has 0 aliphatic heterocycles. The molecule has 0 amide bonds. The van der Waals surface area contributed by atoms with Crippen LogP contribution < -0.4 is 17.3 Å². The van der Waals surface area contributed by atoms with E-state index in [2.05, 4.69) is 4.98 Å². The summed E-state index contributed by atoms with van der Waals surface area (Å²) in [6.07, 6.45) is 0. The fraction of sp³-hybridized carbons (Fsp3) is 0.250. The Kier molecular flexibility index (Phi) is 4.09. The molecule has 0 aliphatic rings. The second-order valence-electron chi connectivity index (χ2n) is 2.51. The lowest BCUT2D eigenvalue weighted by Crippen LogP contribution is -3.00. The van der Waals surface area contributed by atoms with Gasteiger partial charge in [0.1, 0.15) is 0 Å². The smallest absolute Gasteiger partial charge is 0.387 e. The van der Waals surface area contributed by atoms with Crippen molar-refractivity contribution in [3.63, 3.8) is 0 Å². The molecule has 4 heteroatoms. The molecule has 1 aromatic carbocycles. The third-order valence-electron chi connectivity index (χ3n) is 1.46. The van der Waals surface area contributed by atoms with Crippen molar-refractivity contribution in [2.75, 3.05) is 19.0 Å². The largest absolute Gasteiger partial charge is 1.00 e. The van der Waals surface area contributed by atoms with Crippen molar-refractivity contribution in [3.05, 3.63) is 29.2 Å². The van der Waals surface area contributed by atoms with Gasteiger partial charge < -0.3 is 17.3 Å². The first kappa shape index (κ1) is 10.7. The van der Waals surface area contributed by atoms with Gasteiger partial charge in [-0.05, 0) is 6.07 Å². The molecule has 0 aliphatic carbocycles. The van der Waals surface area contributed by atoms with Gasteiger partial charge in [0.25, 0.3) is 0 Å². The van der Waals surface area contributed by atoms with Crippen LogP contribution in [0.3, 0.4) is 0 Å². The molecule has 0 saturated heterocycles. The standard InChI is InChI=1S/C8H10N3.ClH/c1-11(2)8-5-3-4-7(6-8)10-9;/h3-6H,1-2H3;1H/q+1;/p-1. The SMILES string of the molecule is CN(C)c1cccc([N+]#N)c1.[Cl-]. The van der Waals surface area contributed by atoms with Crippen LogP contribution in [0.25, 0.3) is 4.98 Å². The Labute approximate surface area is 78.0 Å². The van der Waals surface area contributed by atoms with Gasteiger partial charge in [-0.15, -0.1) is 0 Å². The van der Waals surface area contributed by atoms with Crippen molar-refractivity contribution < 1.29 is 12.4 Å². The Morgan fingerprint density at radius 2 is 2.00 bits per heavy atom. The summed E-state index contributed by atoms with van der Waals surface area (Å²) in [6, 6.07) is 7.35. The number of rotatable bonds is 1. The first-order valence-corrected chi connectivity index (χ1v) is 3.36. The summed E-state index contributed by atoms with van der Waals surface area (Å²) < 4.78 is 0. The van der Waals surface area contributed by atoms with Crippen LogP contribution in [0.5, 0.6) is 0 Å². The van der Waals surface area contributed by atoms with E-state index in [1.165, 1.54) is 0 Å². The molecular weight excluding hydrogens is 174 g/mol. The van der Waals surface area contributed by atoms with Crippen molar-refractivity contribution in [1.82, 2.24) is 0 Å². The van der Waals surface area contributed by atoms with Crippen LogP contribution in [0.4, 0.5) is 11.4 Å². The molecule has 12 heavy (non-hydrogen) atoms. The molecule has 0 heterocycles. The fourth-order valence-corrected chi connectivity index (χ4v) is 0.833. The predicted molar refractivity (Wildman–Crippen MR) is 45.5 cm³/mol. The Balaban J connectivity index is 0.00000121. The van der Waals surface area contributed by atoms with Gasteiger partial charge in [-0.25, -0.2) is 0 Å². The maximum atomic E-state index is 8.45. The van der Waals surface area contributed by atoms with Gasteiger partial charge >= 0.3 is 5.69 Å². The first-order valence-electron chi connectivity index (χ1n) is 3.36. The molecule has 0 N–H and O–H groups in total. The van der Waals surface area contributed by atoms with Crippen LogP contribution in [0, 0.1) is 5.39 Å². The zero-order valence-electron chi connectivity index (χ0n) is 7.03. The molecule has 1 aromatic rings. The number of diazo groups is 1. The molecule has 0 fully saturated rings. The highest BCUT2D eigenvalue weighted by Gasteiger charge is 2.04. The van der Waals surface area contributed by atoms with E-state index >= 15 is 0 Å². The van der Waals surface area contributed by atoms with Gasteiger partial charge in [0.05, 0.1) is 6.07 Å². The van der Waals surface area contributed by atoms with E-state index in [0.717, 1.165) is 5.69 Å². The van der Waals surface area contributed by atoms with E-state index in [0.29, 0.717) is 5.69 Å². The normalized spacial score (nSPS) is 8.08. The molecule has 0 aromatic heterocycles.